The molecule has 0 aliphatic rings. The lowest BCUT2D eigenvalue weighted by molar-refractivity contribution is 0.578. The lowest BCUT2D eigenvalue weighted by Crippen LogP contribution is -2.19. The van der Waals surface area contributed by atoms with Crippen molar-refractivity contribution in [3.8, 4) is 0 Å². The van der Waals surface area contributed by atoms with E-state index in [1.165, 1.54) is 16.5 Å². The predicted octanol–water partition coefficient (Wildman–Crippen LogP) is 2.78. The summed E-state index contributed by atoms with van der Waals surface area (Å²) in [4.78, 5) is 4.27. The Morgan fingerprint density at radius 1 is 1.24 bits per heavy atom. The minimum absolute atomic E-state index is 0.241. The van der Waals surface area contributed by atoms with Crippen molar-refractivity contribution in [1.82, 2.24) is 20.1 Å². The van der Waals surface area contributed by atoms with Crippen LogP contribution in [0.5, 0.6) is 0 Å². The topological polar surface area (TPSA) is 42.7 Å². The Morgan fingerprint density at radius 2 is 2.05 bits per heavy atom. The van der Waals surface area contributed by atoms with E-state index in [1.54, 1.807) is 0 Å². The number of hydrogen-bond donors (Lipinski definition) is 1. The molecule has 0 fully saturated rings. The third-order valence-corrected chi connectivity index (χ3v) is 3.90. The summed E-state index contributed by atoms with van der Waals surface area (Å²) in [6, 6.07) is 12.8. The summed E-state index contributed by atoms with van der Waals surface area (Å²) < 4.78 is 1.95. The van der Waals surface area contributed by atoms with Crippen molar-refractivity contribution in [1.29, 1.82) is 0 Å². The van der Waals surface area contributed by atoms with Gasteiger partial charge in [0.1, 0.15) is 0 Å². The van der Waals surface area contributed by atoms with Gasteiger partial charge in [-0.1, -0.05) is 18.2 Å². The van der Waals surface area contributed by atoms with Crippen molar-refractivity contribution >= 4 is 10.9 Å². The van der Waals surface area contributed by atoms with Crippen LogP contribution in [0.3, 0.4) is 0 Å². The molecule has 2 aromatic heterocycles. The highest BCUT2D eigenvalue weighted by Crippen LogP contribution is 2.23. The molecule has 0 spiro atoms. The lowest BCUT2D eigenvalue weighted by Gasteiger charge is -2.16. The van der Waals surface area contributed by atoms with E-state index in [0.717, 1.165) is 17.8 Å². The first-order valence-corrected chi connectivity index (χ1v) is 7.19. The Balaban J connectivity index is 1.96. The molecule has 4 nitrogen and oxygen atoms in total. The van der Waals surface area contributed by atoms with E-state index in [-0.39, 0.29) is 6.04 Å². The van der Waals surface area contributed by atoms with Gasteiger partial charge in [-0.05, 0) is 37.7 Å². The van der Waals surface area contributed by atoms with Crippen LogP contribution in [0.1, 0.15) is 23.0 Å². The molecule has 2 heterocycles. The number of benzene rings is 1. The zero-order valence-corrected chi connectivity index (χ0v) is 12.7. The average Bonchev–Trinajstić information content (AvgIpc) is 2.82. The lowest BCUT2D eigenvalue weighted by atomic mass is 10.0. The molecule has 0 aliphatic heterocycles. The summed E-state index contributed by atoms with van der Waals surface area (Å²) in [5, 5.41) is 9.31. The van der Waals surface area contributed by atoms with Gasteiger partial charge in [0.05, 0.1) is 11.2 Å². The number of nitrogens with one attached hydrogen (secondary N) is 1. The number of hydrogen-bond acceptors (Lipinski definition) is 3. The molecular weight excluding hydrogens is 260 g/mol. The molecule has 0 saturated carbocycles. The molecule has 21 heavy (non-hydrogen) atoms. The molecule has 3 aromatic rings. The van der Waals surface area contributed by atoms with Crippen LogP contribution in [-0.4, -0.2) is 21.8 Å². The van der Waals surface area contributed by atoms with Crippen molar-refractivity contribution in [2.75, 3.05) is 7.05 Å². The highest BCUT2D eigenvalue weighted by atomic mass is 15.3. The normalized spacial score (nSPS) is 12.7. The summed E-state index contributed by atoms with van der Waals surface area (Å²) >= 11 is 0. The second-order valence-corrected chi connectivity index (χ2v) is 5.36. The van der Waals surface area contributed by atoms with Crippen LogP contribution in [0.2, 0.25) is 0 Å². The first kappa shape index (κ1) is 13.8. The standard InChI is InChI=1S/C17H20N4/c1-12-10-13(8-9-19-12)15(18-2)11-16-14-6-4-5-7-17(14)21(3)20-16/h4-10,15,18H,11H2,1-3H3. The number of aromatic nitrogens is 3. The maximum Gasteiger partial charge on any atom is 0.0722 e. The van der Waals surface area contributed by atoms with Gasteiger partial charge in [0, 0.05) is 36.8 Å². The molecule has 0 bridgehead atoms. The SMILES string of the molecule is CNC(Cc1nn(C)c2ccccc12)c1ccnc(C)c1. The van der Waals surface area contributed by atoms with E-state index in [1.807, 2.05) is 31.9 Å². The minimum atomic E-state index is 0.241. The zero-order valence-electron chi connectivity index (χ0n) is 12.7. The Morgan fingerprint density at radius 3 is 2.81 bits per heavy atom. The smallest absolute Gasteiger partial charge is 0.0722 e. The monoisotopic (exact) mass is 280 g/mol. The number of rotatable bonds is 4. The van der Waals surface area contributed by atoms with E-state index >= 15 is 0 Å². The zero-order chi connectivity index (χ0) is 14.8. The summed E-state index contributed by atoms with van der Waals surface area (Å²) in [5.74, 6) is 0. The molecule has 1 unspecified atom stereocenters. The summed E-state index contributed by atoms with van der Waals surface area (Å²) in [7, 11) is 3.99. The third kappa shape index (κ3) is 2.67. The van der Waals surface area contributed by atoms with Crippen LogP contribution < -0.4 is 5.32 Å². The minimum Gasteiger partial charge on any atom is -0.313 e. The molecule has 3 rings (SSSR count). The number of nitrogens with zero attached hydrogens (tertiary/aromatic N) is 3. The third-order valence-electron chi connectivity index (χ3n) is 3.90. The Bertz CT molecular complexity index is 760. The molecular formula is C17H20N4. The molecule has 0 aliphatic carbocycles. The number of likely N-dealkylation sites (N-methyl/N-ethyl adjacent to an activating group) is 1. The second kappa shape index (κ2) is 5.66. The Kier molecular flexibility index (Phi) is 3.71. The predicted molar refractivity (Wildman–Crippen MR) is 85.2 cm³/mol. The highest BCUT2D eigenvalue weighted by molar-refractivity contribution is 5.81. The van der Waals surface area contributed by atoms with E-state index < -0.39 is 0 Å². The number of aryl methyl sites for hydroxylation is 2. The van der Waals surface area contributed by atoms with E-state index in [4.69, 9.17) is 0 Å². The van der Waals surface area contributed by atoms with Crippen molar-refractivity contribution in [3.05, 3.63) is 59.5 Å². The van der Waals surface area contributed by atoms with Gasteiger partial charge < -0.3 is 5.32 Å². The largest absolute Gasteiger partial charge is 0.313 e. The van der Waals surface area contributed by atoms with Crippen LogP contribution >= 0.6 is 0 Å². The van der Waals surface area contributed by atoms with Crippen LogP contribution in [0, 0.1) is 6.92 Å². The van der Waals surface area contributed by atoms with E-state index in [9.17, 15) is 0 Å². The maximum absolute atomic E-state index is 4.69. The van der Waals surface area contributed by atoms with Crippen LogP contribution in [0.4, 0.5) is 0 Å². The average molecular weight is 280 g/mol. The molecule has 0 amide bonds. The molecule has 1 aromatic carbocycles. The van der Waals surface area contributed by atoms with Crippen molar-refractivity contribution < 1.29 is 0 Å². The summed E-state index contributed by atoms with van der Waals surface area (Å²) in [5.41, 5.74) is 4.59. The van der Waals surface area contributed by atoms with Gasteiger partial charge in [0.15, 0.2) is 0 Å². The van der Waals surface area contributed by atoms with Crippen molar-refractivity contribution in [3.63, 3.8) is 0 Å². The molecule has 0 radical (unpaired) electrons. The fourth-order valence-electron chi connectivity index (χ4n) is 2.80. The molecule has 1 atom stereocenters. The number of pyridine rings is 1. The van der Waals surface area contributed by atoms with Crippen molar-refractivity contribution in [2.45, 2.75) is 19.4 Å². The summed E-state index contributed by atoms with van der Waals surface area (Å²) in [6.45, 7) is 2.02. The van der Waals surface area contributed by atoms with Gasteiger partial charge in [0.25, 0.3) is 0 Å². The van der Waals surface area contributed by atoms with Gasteiger partial charge in [-0.25, -0.2) is 0 Å². The highest BCUT2D eigenvalue weighted by Gasteiger charge is 2.15. The number of fused-ring (bicyclic) bond motifs is 1. The van der Waals surface area contributed by atoms with Gasteiger partial charge in [0.2, 0.25) is 0 Å². The number of para-hydroxylation sites is 1. The van der Waals surface area contributed by atoms with Gasteiger partial charge >= 0.3 is 0 Å². The fourth-order valence-corrected chi connectivity index (χ4v) is 2.80. The van der Waals surface area contributed by atoms with Crippen LogP contribution in [-0.2, 0) is 13.5 Å². The quantitative estimate of drug-likeness (QED) is 0.799. The van der Waals surface area contributed by atoms with Crippen LogP contribution in [0.15, 0.2) is 42.6 Å². The summed E-state index contributed by atoms with van der Waals surface area (Å²) in [6.07, 6.45) is 2.73. The Labute approximate surface area is 124 Å². The second-order valence-electron chi connectivity index (χ2n) is 5.36. The molecule has 1 N–H and O–H groups in total. The maximum atomic E-state index is 4.69. The first-order chi connectivity index (χ1) is 10.2. The van der Waals surface area contributed by atoms with E-state index in [2.05, 4.69) is 51.8 Å². The van der Waals surface area contributed by atoms with Crippen LogP contribution in [0.25, 0.3) is 10.9 Å². The van der Waals surface area contributed by atoms with Gasteiger partial charge in [-0.15, -0.1) is 0 Å². The van der Waals surface area contributed by atoms with Crippen molar-refractivity contribution in [2.24, 2.45) is 7.05 Å². The first-order valence-electron chi connectivity index (χ1n) is 7.19. The van der Waals surface area contributed by atoms with Gasteiger partial charge in [-0.2, -0.15) is 5.10 Å². The Hall–Kier alpha value is -2.20. The molecule has 108 valence electrons. The van der Waals surface area contributed by atoms with E-state index in [0.29, 0.717) is 0 Å². The fraction of sp³-hybridized carbons (Fsp3) is 0.294. The van der Waals surface area contributed by atoms with Gasteiger partial charge in [-0.3, -0.25) is 9.67 Å². The molecule has 0 saturated heterocycles. The molecule has 4 heteroatoms.